The zero-order chi connectivity index (χ0) is 16.4. The number of aromatic amines is 1. The fourth-order valence-electron chi connectivity index (χ4n) is 2.71. The molecule has 0 fully saturated rings. The van der Waals surface area contributed by atoms with Crippen LogP contribution in [0.1, 0.15) is 0 Å². The van der Waals surface area contributed by atoms with Crippen LogP contribution in [-0.2, 0) is 0 Å². The zero-order valence-corrected chi connectivity index (χ0v) is 12.7. The molecule has 5 heteroatoms. The summed E-state index contributed by atoms with van der Waals surface area (Å²) in [5, 5.41) is 4.58. The van der Waals surface area contributed by atoms with Crippen LogP contribution < -0.4 is 10.9 Å². The van der Waals surface area contributed by atoms with Crippen molar-refractivity contribution >= 4 is 22.3 Å². The van der Waals surface area contributed by atoms with E-state index in [9.17, 15) is 4.79 Å². The Kier molecular flexibility index (Phi) is 3.51. The Balaban J connectivity index is 1.93. The Morgan fingerprint density at radius 1 is 0.958 bits per heavy atom. The molecule has 4 rings (SSSR count). The molecule has 0 aliphatic carbocycles. The first-order valence-corrected chi connectivity index (χ1v) is 7.56. The summed E-state index contributed by atoms with van der Waals surface area (Å²) in [5.41, 5.74) is 2.50. The molecule has 2 N–H and O–H groups in total. The van der Waals surface area contributed by atoms with E-state index in [4.69, 9.17) is 0 Å². The van der Waals surface area contributed by atoms with Gasteiger partial charge in [-0.3, -0.25) is 9.78 Å². The second-order valence-electron chi connectivity index (χ2n) is 5.35. The standard InChI is InChI=1S/C19H14N4O/c24-19-17-15(8-10-21-19)16(13-5-4-9-20-11-13)12-22-18(17)23-14-6-2-1-3-7-14/h1-12H,(H,21,24)(H,22,23). The molecule has 0 saturated heterocycles. The normalized spacial score (nSPS) is 10.7. The third-order valence-electron chi connectivity index (χ3n) is 3.82. The predicted molar refractivity (Wildman–Crippen MR) is 95.3 cm³/mol. The van der Waals surface area contributed by atoms with Crippen LogP contribution in [0.2, 0.25) is 0 Å². The van der Waals surface area contributed by atoms with E-state index in [1.165, 1.54) is 0 Å². The molecule has 0 unspecified atom stereocenters. The average molecular weight is 314 g/mol. The van der Waals surface area contributed by atoms with E-state index < -0.39 is 0 Å². The minimum atomic E-state index is -0.177. The lowest BCUT2D eigenvalue weighted by molar-refractivity contribution is 1.25. The van der Waals surface area contributed by atoms with Crippen molar-refractivity contribution in [3.63, 3.8) is 0 Å². The number of pyridine rings is 3. The van der Waals surface area contributed by atoms with Crippen molar-refractivity contribution in [2.45, 2.75) is 0 Å². The van der Waals surface area contributed by atoms with E-state index in [2.05, 4.69) is 20.3 Å². The second-order valence-corrected chi connectivity index (χ2v) is 5.35. The molecule has 5 nitrogen and oxygen atoms in total. The Bertz CT molecular complexity index is 1040. The summed E-state index contributed by atoms with van der Waals surface area (Å²) in [7, 11) is 0. The molecule has 0 atom stereocenters. The van der Waals surface area contributed by atoms with Crippen molar-refractivity contribution in [1.82, 2.24) is 15.0 Å². The third-order valence-corrected chi connectivity index (χ3v) is 3.82. The monoisotopic (exact) mass is 314 g/mol. The van der Waals surface area contributed by atoms with Gasteiger partial charge in [-0.2, -0.15) is 0 Å². The first-order chi connectivity index (χ1) is 11.8. The lowest BCUT2D eigenvalue weighted by Crippen LogP contribution is -2.09. The summed E-state index contributed by atoms with van der Waals surface area (Å²) in [6, 6.07) is 15.4. The number of hydrogen-bond donors (Lipinski definition) is 2. The highest BCUT2D eigenvalue weighted by atomic mass is 16.1. The maximum atomic E-state index is 12.4. The van der Waals surface area contributed by atoms with Crippen molar-refractivity contribution in [1.29, 1.82) is 0 Å². The van der Waals surface area contributed by atoms with Crippen LogP contribution in [0.15, 0.2) is 78.1 Å². The van der Waals surface area contributed by atoms with Crippen LogP contribution in [-0.4, -0.2) is 15.0 Å². The number of benzene rings is 1. The van der Waals surface area contributed by atoms with Crippen LogP contribution in [0.3, 0.4) is 0 Å². The number of rotatable bonds is 3. The molecule has 1 aromatic carbocycles. The summed E-state index contributed by atoms with van der Waals surface area (Å²) in [6.45, 7) is 0. The fraction of sp³-hybridized carbons (Fsp3) is 0. The molecule has 0 saturated carbocycles. The minimum absolute atomic E-state index is 0.177. The second kappa shape index (κ2) is 5.96. The molecule has 4 aromatic rings. The summed E-state index contributed by atoms with van der Waals surface area (Å²) in [5.74, 6) is 0.533. The van der Waals surface area contributed by atoms with E-state index >= 15 is 0 Å². The smallest absolute Gasteiger partial charge is 0.259 e. The highest BCUT2D eigenvalue weighted by Gasteiger charge is 2.12. The van der Waals surface area contributed by atoms with E-state index in [0.717, 1.165) is 22.2 Å². The van der Waals surface area contributed by atoms with Gasteiger partial charge in [0.1, 0.15) is 5.82 Å². The molecule has 0 aliphatic heterocycles. The maximum absolute atomic E-state index is 12.4. The number of nitrogens with one attached hydrogen (secondary N) is 2. The van der Waals surface area contributed by atoms with E-state index in [1.807, 2.05) is 48.5 Å². The van der Waals surface area contributed by atoms with Gasteiger partial charge >= 0.3 is 0 Å². The van der Waals surface area contributed by atoms with Crippen molar-refractivity contribution in [2.75, 3.05) is 5.32 Å². The van der Waals surface area contributed by atoms with E-state index in [1.54, 1.807) is 24.8 Å². The number of para-hydroxylation sites is 1. The topological polar surface area (TPSA) is 70.7 Å². The fourth-order valence-corrected chi connectivity index (χ4v) is 2.71. The first-order valence-electron chi connectivity index (χ1n) is 7.56. The Morgan fingerprint density at radius 3 is 2.62 bits per heavy atom. The van der Waals surface area contributed by atoms with Gasteiger partial charge in [0.15, 0.2) is 0 Å². The van der Waals surface area contributed by atoms with Gasteiger partial charge in [-0.25, -0.2) is 4.98 Å². The highest BCUT2D eigenvalue weighted by molar-refractivity contribution is 6.01. The average Bonchev–Trinajstić information content (AvgIpc) is 2.63. The Hall–Kier alpha value is -3.47. The third kappa shape index (κ3) is 2.52. The summed E-state index contributed by atoms with van der Waals surface area (Å²) in [4.78, 5) is 23.8. The van der Waals surface area contributed by atoms with Crippen LogP contribution in [0.25, 0.3) is 21.9 Å². The van der Waals surface area contributed by atoms with Crippen LogP contribution in [0.5, 0.6) is 0 Å². The predicted octanol–water partition coefficient (Wildman–Crippen LogP) is 3.73. The molecule has 0 aliphatic rings. The van der Waals surface area contributed by atoms with Crippen molar-refractivity contribution < 1.29 is 0 Å². The van der Waals surface area contributed by atoms with Gasteiger partial charge in [0.2, 0.25) is 0 Å². The van der Waals surface area contributed by atoms with Crippen molar-refractivity contribution in [3.05, 3.63) is 83.7 Å². The van der Waals surface area contributed by atoms with Gasteiger partial charge in [-0.15, -0.1) is 0 Å². The number of fused-ring (bicyclic) bond motifs is 1. The van der Waals surface area contributed by atoms with Crippen molar-refractivity contribution in [2.24, 2.45) is 0 Å². The molecular formula is C19H14N4O. The molecular weight excluding hydrogens is 300 g/mol. The zero-order valence-electron chi connectivity index (χ0n) is 12.7. The SMILES string of the molecule is O=c1[nH]ccc2c(-c3cccnc3)cnc(Nc3ccccc3)c12. The number of anilines is 2. The highest BCUT2D eigenvalue weighted by Crippen LogP contribution is 2.30. The summed E-state index contributed by atoms with van der Waals surface area (Å²) >= 11 is 0. The summed E-state index contributed by atoms with van der Waals surface area (Å²) in [6.07, 6.45) is 6.90. The molecule has 116 valence electrons. The molecule has 0 spiro atoms. The minimum Gasteiger partial charge on any atom is -0.340 e. The quantitative estimate of drug-likeness (QED) is 0.604. The number of aromatic nitrogens is 3. The first kappa shape index (κ1) is 14.1. The Labute approximate surface area is 138 Å². The number of hydrogen-bond acceptors (Lipinski definition) is 4. The van der Waals surface area contributed by atoms with Gasteiger partial charge in [0, 0.05) is 47.0 Å². The Morgan fingerprint density at radius 2 is 1.83 bits per heavy atom. The van der Waals surface area contributed by atoms with Gasteiger partial charge < -0.3 is 10.3 Å². The van der Waals surface area contributed by atoms with Gasteiger partial charge in [0.25, 0.3) is 5.56 Å². The molecule has 0 amide bonds. The van der Waals surface area contributed by atoms with Gasteiger partial charge in [-0.05, 0) is 24.3 Å². The van der Waals surface area contributed by atoms with E-state index in [0.29, 0.717) is 11.2 Å². The molecule has 3 heterocycles. The van der Waals surface area contributed by atoms with Crippen LogP contribution >= 0.6 is 0 Å². The summed E-state index contributed by atoms with van der Waals surface area (Å²) < 4.78 is 0. The molecule has 0 bridgehead atoms. The molecule has 0 radical (unpaired) electrons. The van der Waals surface area contributed by atoms with Crippen LogP contribution in [0, 0.1) is 0 Å². The van der Waals surface area contributed by atoms with Gasteiger partial charge in [-0.1, -0.05) is 24.3 Å². The van der Waals surface area contributed by atoms with Crippen molar-refractivity contribution in [3.8, 4) is 11.1 Å². The van der Waals surface area contributed by atoms with E-state index in [-0.39, 0.29) is 5.56 Å². The lowest BCUT2D eigenvalue weighted by Gasteiger charge is -2.11. The molecule has 3 aromatic heterocycles. The lowest BCUT2D eigenvalue weighted by atomic mass is 10.0. The molecule has 24 heavy (non-hydrogen) atoms. The maximum Gasteiger partial charge on any atom is 0.259 e. The van der Waals surface area contributed by atoms with Gasteiger partial charge in [0.05, 0.1) is 5.39 Å². The van der Waals surface area contributed by atoms with Crippen LogP contribution in [0.4, 0.5) is 11.5 Å². The largest absolute Gasteiger partial charge is 0.340 e. The number of H-pyrrole nitrogens is 1. The number of nitrogens with zero attached hydrogens (tertiary/aromatic N) is 2.